The summed E-state index contributed by atoms with van der Waals surface area (Å²) in [6.07, 6.45) is 105. The predicted octanol–water partition coefficient (Wildman–Crippen LogP) is 27.0. The molecule has 0 amide bonds. The van der Waals surface area contributed by atoms with Gasteiger partial charge in [0.05, 0.1) is 26.4 Å². The van der Waals surface area contributed by atoms with Gasteiger partial charge in [-0.25, -0.2) is 9.13 Å². The Bertz CT molecular complexity index is 2550. The van der Waals surface area contributed by atoms with Gasteiger partial charge in [0.15, 0.2) is 6.10 Å². The second-order valence-electron chi connectivity index (χ2n) is 29.6. The summed E-state index contributed by atoms with van der Waals surface area (Å²) >= 11 is 0. The first-order valence-corrected chi connectivity index (χ1v) is 47.5. The van der Waals surface area contributed by atoms with Crippen LogP contribution >= 0.6 is 15.6 Å². The summed E-state index contributed by atoms with van der Waals surface area (Å²) in [5.41, 5.74) is 0. The predicted molar refractivity (Wildman–Crippen MR) is 463 cm³/mol. The summed E-state index contributed by atoms with van der Waals surface area (Å²) in [6.45, 7) is 2.51. The minimum Gasteiger partial charge on any atom is -0.463 e. The zero-order valence-corrected chi connectivity index (χ0v) is 72.1. The average molecular weight is 1600 g/mol. The van der Waals surface area contributed by atoms with E-state index in [9.17, 15) is 43.5 Å². The number of esters is 3. The third-order valence-electron chi connectivity index (χ3n) is 18.9. The number of hydrogen-bond donors (Lipinski definition) is 4. The lowest BCUT2D eigenvalue weighted by atomic mass is 10.0. The van der Waals surface area contributed by atoms with Gasteiger partial charge in [0.2, 0.25) is 0 Å². The monoisotopic (exact) mass is 1600 g/mol. The lowest BCUT2D eigenvalue weighted by Gasteiger charge is -2.21. The van der Waals surface area contributed by atoms with Crippen molar-refractivity contribution in [2.45, 2.75) is 399 Å². The molecule has 18 heteroatoms. The molecule has 5 atom stereocenters. The summed E-state index contributed by atoms with van der Waals surface area (Å²) < 4.78 is 61.4. The number of unbranched alkanes of at least 4 members (excludes halogenated alkanes) is 39. The van der Waals surface area contributed by atoms with Crippen molar-refractivity contribution in [3.05, 3.63) is 134 Å². The van der Waals surface area contributed by atoms with Gasteiger partial charge in [0, 0.05) is 19.3 Å². The first-order valence-electron chi connectivity index (χ1n) is 44.5. The summed E-state index contributed by atoms with van der Waals surface area (Å²) in [5, 5.41) is 20.7. The van der Waals surface area contributed by atoms with Crippen LogP contribution < -0.4 is 0 Å². The highest BCUT2D eigenvalue weighted by Crippen LogP contribution is 2.45. The molecule has 5 unspecified atom stereocenters. The third kappa shape index (κ3) is 86.4. The number of ether oxygens (including phenoxy) is 3. The van der Waals surface area contributed by atoms with Crippen LogP contribution in [0.15, 0.2) is 134 Å². The van der Waals surface area contributed by atoms with E-state index in [0.717, 1.165) is 154 Å². The first kappa shape index (κ1) is 107. The summed E-state index contributed by atoms with van der Waals surface area (Å²) in [4.78, 5) is 58.9. The molecule has 0 saturated heterocycles. The molecule has 0 aromatic rings. The first-order chi connectivity index (χ1) is 54.2. The summed E-state index contributed by atoms with van der Waals surface area (Å²) in [5.74, 6) is -1.56. The van der Waals surface area contributed by atoms with Gasteiger partial charge in [-0.3, -0.25) is 32.5 Å². The molecule has 0 radical (unpaired) electrons. The van der Waals surface area contributed by atoms with Crippen molar-refractivity contribution in [1.82, 2.24) is 0 Å². The summed E-state index contributed by atoms with van der Waals surface area (Å²) in [6, 6.07) is 0. The molecule has 0 rings (SSSR count). The average Bonchev–Trinajstić information content (AvgIpc) is 0.902. The second-order valence-corrected chi connectivity index (χ2v) is 32.6. The van der Waals surface area contributed by atoms with E-state index in [1.807, 2.05) is 0 Å². The number of carbonyl (C=O) groups excluding carboxylic acids is 3. The van der Waals surface area contributed by atoms with Crippen LogP contribution in [0, 0.1) is 0 Å². The van der Waals surface area contributed by atoms with Gasteiger partial charge in [-0.2, -0.15) is 0 Å². The standard InChI is InChI=1S/C93H162O16P2/c1-4-7-10-13-16-19-22-25-28-30-32-34-36-38-40-41-42-43-44-45-47-49-50-52-54-56-59-61-64-67-70-73-76-79-91(96)103-82-88(94)83-105-110(99,100)106-84-89(95)85-107-111(101,102)108-87-90(109-93(98)81-78-75-72-69-66-63-58-27-24-21-18-15-12-9-6-3)86-104-92(97)80-77-74-71-68-65-62-60-57-55-53-51-48-46-39-37-35-33-31-29-26-23-20-17-14-11-8-5-2/h7-8,10-11,16-17,19-20,25-26,28-29,32-35,38-40,42-43,46,88-90,94-95H,4-6,9,12-15,18,21-24,27,30-31,36-37,41,44-45,47-87H2,1-3H3,(H,99,100)(H,101,102)/b10-7-,11-8-,19-16-,20-17-,28-25-,29-26-,34-32-,35-33-,40-38-,43-42-,46-39-. The van der Waals surface area contributed by atoms with E-state index in [-0.39, 0.29) is 19.3 Å². The van der Waals surface area contributed by atoms with Crippen LogP contribution in [0.1, 0.15) is 380 Å². The van der Waals surface area contributed by atoms with Crippen LogP contribution in [0.25, 0.3) is 0 Å². The molecule has 0 aromatic heterocycles. The molecule has 0 aliphatic carbocycles. The van der Waals surface area contributed by atoms with E-state index in [2.05, 4.69) is 154 Å². The molecule has 640 valence electrons. The van der Waals surface area contributed by atoms with E-state index in [4.69, 9.17) is 32.3 Å². The number of aliphatic hydroxyl groups excluding tert-OH is 2. The Kier molecular flexibility index (Phi) is 81.8. The number of carbonyl (C=O) groups is 3. The van der Waals surface area contributed by atoms with Gasteiger partial charge in [-0.05, 0) is 116 Å². The number of allylic oxidation sites excluding steroid dienone is 22. The minimum absolute atomic E-state index is 0.107. The molecule has 0 aromatic carbocycles. The lowest BCUT2D eigenvalue weighted by Crippen LogP contribution is -2.30. The number of phosphoric ester groups is 2. The van der Waals surface area contributed by atoms with Crippen molar-refractivity contribution < 1.29 is 75.8 Å². The largest absolute Gasteiger partial charge is 0.472 e. The van der Waals surface area contributed by atoms with Gasteiger partial charge >= 0.3 is 33.6 Å². The fourth-order valence-electron chi connectivity index (χ4n) is 12.2. The lowest BCUT2D eigenvalue weighted by molar-refractivity contribution is -0.161. The van der Waals surface area contributed by atoms with Crippen molar-refractivity contribution in [3.63, 3.8) is 0 Å². The van der Waals surface area contributed by atoms with Gasteiger partial charge in [-0.15, -0.1) is 0 Å². The van der Waals surface area contributed by atoms with Gasteiger partial charge < -0.3 is 34.2 Å². The molecule has 0 aliphatic rings. The Morgan fingerprint density at radius 1 is 0.261 bits per heavy atom. The minimum atomic E-state index is -4.93. The maximum absolute atomic E-state index is 13.0. The van der Waals surface area contributed by atoms with Gasteiger partial charge in [0.25, 0.3) is 0 Å². The van der Waals surface area contributed by atoms with Crippen LogP contribution in [-0.4, -0.2) is 95.9 Å². The topological polar surface area (TPSA) is 231 Å². The molecule has 111 heavy (non-hydrogen) atoms. The highest BCUT2D eigenvalue weighted by Gasteiger charge is 2.29. The van der Waals surface area contributed by atoms with Gasteiger partial charge in [-0.1, -0.05) is 379 Å². The summed E-state index contributed by atoms with van der Waals surface area (Å²) in [7, 11) is -9.79. The highest BCUT2D eigenvalue weighted by atomic mass is 31.2. The fourth-order valence-corrected chi connectivity index (χ4v) is 13.8. The zero-order valence-electron chi connectivity index (χ0n) is 70.4. The molecule has 16 nitrogen and oxygen atoms in total. The van der Waals surface area contributed by atoms with Crippen molar-refractivity contribution >= 4 is 33.6 Å². The van der Waals surface area contributed by atoms with Crippen molar-refractivity contribution in [2.75, 3.05) is 39.6 Å². The van der Waals surface area contributed by atoms with E-state index in [0.29, 0.717) is 19.3 Å². The van der Waals surface area contributed by atoms with E-state index in [1.54, 1.807) is 0 Å². The third-order valence-corrected chi connectivity index (χ3v) is 20.8. The maximum Gasteiger partial charge on any atom is 0.472 e. The van der Waals surface area contributed by atoms with Crippen LogP contribution in [-0.2, 0) is 55.8 Å². The molecule has 4 N–H and O–H groups in total. The Hall–Kier alpha value is -4.31. The Morgan fingerprint density at radius 2 is 0.477 bits per heavy atom. The zero-order chi connectivity index (χ0) is 80.8. The number of phosphoric acid groups is 2. The molecule has 0 spiro atoms. The molecule has 0 heterocycles. The van der Waals surface area contributed by atoms with Crippen LogP contribution in [0.3, 0.4) is 0 Å². The second kappa shape index (κ2) is 85.1. The molecule has 0 bridgehead atoms. The van der Waals surface area contributed by atoms with Crippen LogP contribution in [0.2, 0.25) is 0 Å². The van der Waals surface area contributed by atoms with Crippen molar-refractivity contribution in [2.24, 2.45) is 0 Å². The Labute approximate surface area is 677 Å². The number of hydrogen-bond acceptors (Lipinski definition) is 14. The van der Waals surface area contributed by atoms with E-state index >= 15 is 0 Å². The van der Waals surface area contributed by atoms with Gasteiger partial charge in [0.1, 0.15) is 25.4 Å². The van der Waals surface area contributed by atoms with Crippen LogP contribution in [0.5, 0.6) is 0 Å². The van der Waals surface area contributed by atoms with E-state index < -0.39 is 91.5 Å². The highest BCUT2D eigenvalue weighted by molar-refractivity contribution is 7.47. The molecule has 0 fully saturated rings. The number of aliphatic hydroxyl groups is 2. The smallest absolute Gasteiger partial charge is 0.463 e. The molecule has 0 aliphatic heterocycles. The van der Waals surface area contributed by atoms with Crippen molar-refractivity contribution in [1.29, 1.82) is 0 Å². The quantitative estimate of drug-likeness (QED) is 0.0146. The molecular weight excluding hydrogens is 1430 g/mol. The molecular formula is C93H162O16P2. The number of rotatable bonds is 84. The van der Waals surface area contributed by atoms with E-state index in [1.165, 1.54) is 167 Å². The Morgan fingerprint density at radius 3 is 0.757 bits per heavy atom. The van der Waals surface area contributed by atoms with Crippen molar-refractivity contribution in [3.8, 4) is 0 Å². The maximum atomic E-state index is 13.0. The molecule has 0 saturated carbocycles. The Balaban J connectivity index is 4.46. The SMILES string of the molecule is CC/C=C\C/C=C\C/C=C\C/C=C\C/C=C\C/C=C\CCCCCCCCCCCCCCCCC(=O)OCC(O)COP(=O)(O)OCC(O)COP(=O)(O)OCC(COC(=O)CCCCCCCCCCCCC/C=C\C/C=C\C/C=C\C/C=C\C/C=C\CC)OC(=O)CCCCCCCCCCCCCCCCC. The normalized spacial score (nSPS) is 14.5. The van der Waals surface area contributed by atoms with Crippen LogP contribution in [0.4, 0.5) is 0 Å². The fraction of sp³-hybridized carbons (Fsp3) is 0.731.